The van der Waals surface area contributed by atoms with Gasteiger partial charge >= 0.3 is 0 Å². The molecular weight excluding hydrogens is 280 g/mol. The quantitative estimate of drug-likeness (QED) is 0.330. The number of nitrogens with two attached hydrogens (primary N) is 1. The number of aliphatic hydroxyl groups is 3. The Balaban J connectivity index is 2.71. The van der Waals surface area contributed by atoms with E-state index in [1.165, 1.54) is 6.92 Å². The van der Waals surface area contributed by atoms with Gasteiger partial charge in [0, 0.05) is 6.42 Å². The predicted molar refractivity (Wildman–Crippen MR) is 74.2 cm³/mol. The highest BCUT2D eigenvalue weighted by Gasteiger charge is 2.40. The van der Waals surface area contributed by atoms with E-state index in [9.17, 15) is 20.1 Å². The largest absolute Gasteiger partial charge is 0.391 e. The van der Waals surface area contributed by atoms with Crippen molar-refractivity contribution in [2.75, 3.05) is 13.2 Å². The van der Waals surface area contributed by atoms with Gasteiger partial charge in [-0.25, -0.2) is 0 Å². The molecule has 1 fully saturated rings. The average Bonchev–Trinajstić information content (AvgIpc) is 2.36. The Morgan fingerprint density at radius 2 is 2.29 bits per heavy atom. The van der Waals surface area contributed by atoms with Crippen LogP contribution >= 0.6 is 0 Å². The first-order valence-corrected chi connectivity index (χ1v) is 7.06. The number of hydrogen-bond donors (Lipinski definition) is 5. The second kappa shape index (κ2) is 8.02. The third-order valence-corrected chi connectivity index (χ3v) is 3.44. The molecule has 124 valence electrons. The van der Waals surface area contributed by atoms with Gasteiger partial charge in [0.25, 0.3) is 0 Å². The lowest BCUT2D eigenvalue weighted by Gasteiger charge is -2.40. The van der Waals surface area contributed by atoms with Crippen LogP contribution in [0.2, 0.25) is 0 Å². The van der Waals surface area contributed by atoms with Crippen LogP contribution in [0.5, 0.6) is 0 Å². The summed E-state index contributed by atoms with van der Waals surface area (Å²) in [6.45, 7) is 3.40. The van der Waals surface area contributed by atoms with Crippen molar-refractivity contribution < 1.29 is 29.6 Å². The van der Waals surface area contributed by atoms with E-state index in [0.29, 0.717) is 19.4 Å². The molecule has 0 aromatic carbocycles. The first kappa shape index (κ1) is 18.3. The molecule has 1 rings (SSSR count). The van der Waals surface area contributed by atoms with E-state index in [1.54, 1.807) is 6.92 Å². The van der Waals surface area contributed by atoms with Crippen LogP contribution in [0.3, 0.4) is 0 Å². The van der Waals surface area contributed by atoms with Crippen molar-refractivity contribution in [2.24, 2.45) is 5.73 Å². The Kier molecular flexibility index (Phi) is 6.98. The third-order valence-electron chi connectivity index (χ3n) is 3.44. The molecule has 0 spiro atoms. The molecule has 0 aliphatic carbocycles. The highest BCUT2D eigenvalue weighted by atomic mass is 16.7. The molecule has 0 aromatic rings. The fourth-order valence-corrected chi connectivity index (χ4v) is 2.42. The SMILES string of the molecule is C[C@H](O)[C@@H](O[C@H]1OC[C@](C)(O)C[C@H]1O)[C@@H](CCN)NC=O. The van der Waals surface area contributed by atoms with E-state index in [1.807, 2.05) is 0 Å². The molecule has 6 N–H and O–H groups in total. The molecule has 1 heterocycles. The lowest BCUT2D eigenvalue weighted by Crippen LogP contribution is -2.54. The minimum Gasteiger partial charge on any atom is -0.391 e. The topological polar surface area (TPSA) is 134 Å². The average molecular weight is 306 g/mol. The number of carbonyl (C=O) groups is 1. The van der Waals surface area contributed by atoms with Crippen molar-refractivity contribution in [1.29, 1.82) is 0 Å². The van der Waals surface area contributed by atoms with Gasteiger partial charge in [-0.3, -0.25) is 4.79 Å². The summed E-state index contributed by atoms with van der Waals surface area (Å²) in [5.41, 5.74) is 4.37. The minimum atomic E-state index is -1.11. The van der Waals surface area contributed by atoms with E-state index >= 15 is 0 Å². The number of hydrogen-bond acceptors (Lipinski definition) is 7. The smallest absolute Gasteiger partial charge is 0.207 e. The highest BCUT2D eigenvalue weighted by Crippen LogP contribution is 2.25. The number of nitrogens with one attached hydrogen (secondary N) is 1. The summed E-state index contributed by atoms with van der Waals surface area (Å²) < 4.78 is 10.9. The molecule has 0 unspecified atom stereocenters. The van der Waals surface area contributed by atoms with Crippen LogP contribution in [0, 0.1) is 0 Å². The molecule has 1 aliphatic heterocycles. The highest BCUT2D eigenvalue weighted by molar-refractivity contribution is 5.46. The molecule has 1 amide bonds. The van der Waals surface area contributed by atoms with Crippen molar-refractivity contribution in [3.8, 4) is 0 Å². The summed E-state index contributed by atoms with van der Waals surface area (Å²) in [7, 11) is 0. The Bertz CT molecular complexity index is 326. The zero-order valence-electron chi connectivity index (χ0n) is 12.4. The molecule has 21 heavy (non-hydrogen) atoms. The van der Waals surface area contributed by atoms with E-state index in [2.05, 4.69) is 5.32 Å². The molecule has 0 radical (unpaired) electrons. The molecule has 0 bridgehead atoms. The Labute approximate surface area is 124 Å². The van der Waals surface area contributed by atoms with Gasteiger partial charge in [-0.2, -0.15) is 0 Å². The molecule has 8 heteroatoms. The van der Waals surface area contributed by atoms with E-state index < -0.39 is 36.2 Å². The number of aliphatic hydroxyl groups excluding tert-OH is 2. The monoisotopic (exact) mass is 306 g/mol. The Morgan fingerprint density at radius 1 is 1.62 bits per heavy atom. The summed E-state index contributed by atoms with van der Waals surface area (Å²) in [4.78, 5) is 10.7. The maximum absolute atomic E-state index is 10.7. The van der Waals surface area contributed by atoms with Crippen LogP contribution in [-0.2, 0) is 14.3 Å². The van der Waals surface area contributed by atoms with Crippen molar-refractivity contribution in [3.63, 3.8) is 0 Å². The minimum absolute atomic E-state index is 0.0178. The van der Waals surface area contributed by atoms with Crippen LogP contribution in [0.1, 0.15) is 26.7 Å². The van der Waals surface area contributed by atoms with Gasteiger partial charge in [0.15, 0.2) is 6.29 Å². The summed E-state index contributed by atoms with van der Waals surface area (Å²) >= 11 is 0. The van der Waals surface area contributed by atoms with Gasteiger partial charge in [0.05, 0.1) is 24.4 Å². The lowest BCUT2D eigenvalue weighted by atomic mass is 9.96. The molecule has 0 aromatic heterocycles. The van der Waals surface area contributed by atoms with Crippen molar-refractivity contribution in [3.05, 3.63) is 0 Å². The van der Waals surface area contributed by atoms with Crippen LogP contribution in [-0.4, -0.2) is 71.1 Å². The fraction of sp³-hybridized carbons (Fsp3) is 0.923. The normalized spacial score (nSPS) is 34.0. The zero-order chi connectivity index (χ0) is 16.0. The fourth-order valence-electron chi connectivity index (χ4n) is 2.42. The van der Waals surface area contributed by atoms with Gasteiger partial charge in [-0.05, 0) is 26.8 Å². The number of carbonyl (C=O) groups excluding carboxylic acids is 1. The molecule has 6 atom stereocenters. The summed E-state index contributed by atoms with van der Waals surface area (Å²) in [5, 5.41) is 32.2. The maximum Gasteiger partial charge on any atom is 0.207 e. The van der Waals surface area contributed by atoms with E-state index in [0.717, 1.165) is 0 Å². The standard InChI is InChI=1S/C13H26N2O6/c1-8(17)11(9(3-4-14)15-7-16)21-12-10(18)5-13(2,19)6-20-12/h7-12,17-19H,3-6,14H2,1-2H3,(H,15,16)/t8-,9+,10+,11+,12+,13+/m0/s1. The van der Waals surface area contributed by atoms with Gasteiger partial charge in [-0.15, -0.1) is 0 Å². The first-order chi connectivity index (χ1) is 9.80. The predicted octanol–water partition coefficient (Wildman–Crippen LogP) is -1.93. The van der Waals surface area contributed by atoms with Crippen LogP contribution < -0.4 is 11.1 Å². The second-order valence-corrected chi connectivity index (χ2v) is 5.76. The van der Waals surface area contributed by atoms with Gasteiger partial charge in [0.1, 0.15) is 12.2 Å². The molecule has 1 saturated heterocycles. The zero-order valence-corrected chi connectivity index (χ0v) is 12.4. The Hall–Kier alpha value is -0.770. The molecule has 0 saturated carbocycles. The van der Waals surface area contributed by atoms with Crippen molar-refractivity contribution in [2.45, 2.75) is 62.9 Å². The summed E-state index contributed by atoms with van der Waals surface area (Å²) in [6.07, 6.45) is -2.64. The van der Waals surface area contributed by atoms with Crippen LogP contribution in [0.15, 0.2) is 0 Å². The molecule has 8 nitrogen and oxygen atoms in total. The van der Waals surface area contributed by atoms with E-state index in [-0.39, 0.29) is 13.0 Å². The van der Waals surface area contributed by atoms with Crippen LogP contribution in [0.25, 0.3) is 0 Å². The summed E-state index contributed by atoms with van der Waals surface area (Å²) in [5.74, 6) is 0. The van der Waals surface area contributed by atoms with Crippen molar-refractivity contribution >= 4 is 6.41 Å². The molecule has 1 aliphatic rings. The van der Waals surface area contributed by atoms with Gasteiger partial charge in [-0.1, -0.05) is 0 Å². The van der Waals surface area contributed by atoms with Gasteiger partial charge in [0.2, 0.25) is 6.41 Å². The Morgan fingerprint density at radius 3 is 2.76 bits per heavy atom. The first-order valence-electron chi connectivity index (χ1n) is 7.06. The second-order valence-electron chi connectivity index (χ2n) is 5.76. The number of amides is 1. The molecular formula is C13H26N2O6. The third kappa shape index (κ3) is 5.50. The van der Waals surface area contributed by atoms with Gasteiger partial charge < -0.3 is 35.8 Å². The number of rotatable bonds is 8. The lowest BCUT2D eigenvalue weighted by molar-refractivity contribution is -0.280. The van der Waals surface area contributed by atoms with Crippen molar-refractivity contribution in [1.82, 2.24) is 5.32 Å². The van der Waals surface area contributed by atoms with E-state index in [4.69, 9.17) is 15.2 Å². The summed E-state index contributed by atoms with van der Waals surface area (Å²) in [6, 6.07) is -0.495. The number of ether oxygens (including phenoxy) is 2. The maximum atomic E-state index is 10.7. The van der Waals surface area contributed by atoms with Crippen LogP contribution in [0.4, 0.5) is 0 Å².